The Morgan fingerprint density at radius 3 is 2.75 bits per heavy atom. The third kappa shape index (κ3) is 2.46. The van der Waals surface area contributed by atoms with E-state index in [0.717, 1.165) is 22.7 Å². The maximum absolute atomic E-state index is 6.18. The van der Waals surface area contributed by atoms with Crippen molar-refractivity contribution in [2.75, 3.05) is 0 Å². The Balaban J connectivity index is 2.20. The summed E-state index contributed by atoms with van der Waals surface area (Å²) in [6, 6.07) is 8.17. The molecule has 2 nitrogen and oxygen atoms in total. The quantitative estimate of drug-likeness (QED) is 0.870. The van der Waals surface area contributed by atoms with E-state index in [4.69, 9.17) is 17.3 Å². The molecular formula is C13H15ClN2. The van der Waals surface area contributed by atoms with Crippen molar-refractivity contribution in [3.63, 3.8) is 0 Å². The zero-order valence-electron chi connectivity index (χ0n) is 9.28. The molecule has 2 N–H and O–H groups in total. The summed E-state index contributed by atoms with van der Waals surface area (Å²) in [6.07, 6.45) is 4.08. The normalized spacial score (nSPS) is 10.7. The van der Waals surface area contributed by atoms with Crippen LogP contribution in [-0.2, 0) is 13.1 Å². The van der Waals surface area contributed by atoms with Crippen LogP contribution in [0, 0.1) is 6.92 Å². The van der Waals surface area contributed by atoms with Crippen molar-refractivity contribution in [3.05, 3.63) is 58.4 Å². The third-order valence-electron chi connectivity index (χ3n) is 2.61. The maximum atomic E-state index is 6.18. The second kappa shape index (κ2) is 4.73. The predicted octanol–water partition coefficient (Wildman–Crippen LogP) is 2.96. The minimum absolute atomic E-state index is 0.578. The molecule has 3 heteroatoms. The van der Waals surface area contributed by atoms with Crippen molar-refractivity contribution in [2.24, 2.45) is 5.73 Å². The van der Waals surface area contributed by atoms with E-state index < -0.39 is 0 Å². The first-order valence-corrected chi connectivity index (χ1v) is 5.66. The van der Waals surface area contributed by atoms with Crippen LogP contribution >= 0.6 is 11.6 Å². The highest BCUT2D eigenvalue weighted by atomic mass is 35.5. The van der Waals surface area contributed by atoms with Crippen molar-refractivity contribution in [1.82, 2.24) is 4.57 Å². The average molecular weight is 235 g/mol. The van der Waals surface area contributed by atoms with Gasteiger partial charge in [0.15, 0.2) is 0 Å². The van der Waals surface area contributed by atoms with Crippen LogP contribution in [-0.4, -0.2) is 4.57 Å². The summed E-state index contributed by atoms with van der Waals surface area (Å²) in [5, 5.41) is 0.822. The van der Waals surface area contributed by atoms with Crippen LogP contribution in [0.25, 0.3) is 0 Å². The first kappa shape index (κ1) is 11.2. The van der Waals surface area contributed by atoms with Gasteiger partial charge in [0.25, 0.3) is 0 Å². The van der Waals surface area contributed by atoms with Crippen molar-refractivity contribution < 1.29 is 0 Å². The van der Waals surface area contributed by atoms with Crippen LogP contribution in [0.2, 0.25) is 5.02 Å². The highest BCUT2D eigenvalue weighted by molar-refractivity contribution is 6.31. The fourth-order valence-corrected chi connectivity index (χ4v) is 1.98. The van der Waals surface area contributed by atoms with Gasteiger partial charge in [0.1, 0.15) is 0 Å². The fourth-order valence-electron chi connectivity index (χ4n) is 1.69. The molecule has 1 aromatic carbocycles. The molecule has 0 fully saturated rings. The standard InChI is InChI=1S/C13H15ClN2/c1-10-2-3-12(13(14)6-10)9-16-5-4-11(7-15)8-16/h2-6,8H,7,9,15H2,1H3. The van der Waals surface area contributed by atoms with Gasteiger partial charge in [-0.05, 0) is 35.7 Å². The number of halogens is 1. The second-order valence-corrected chi connectivity index (χ2v) is 4.40. The molecule has 1 aromatic heterocycles. The minimum Gasteiger partial charge on any atom is -0.350 e. The van der Waals surface area contributed by atoms with E-state index in [9.17, 15) is 0 Å². The number of aryl methyl sites for hydroxylation is 1. The Bertz CT molecular complexity index is 488. The van der Waals surface area contributed by atoms with Crippen molar-refractivity contribution >= 4 is 11.6 Å². The van der Waals surface area contributed by atoms with E-state index in [1.807, 2.05) is 25.3 Å². The topological polar surface area (TPSA) is 30.9 Å². The Labute approximate surface area is 101 Å². The number of aromatic nitrogens is 1. The van der Waals surface area contributed by atoms with Crippen molar-refractivity contribution in [2.45, 2.75) is 20.0 Å². The van der Waals surface area contributed by atoms with Gasteiger partial charge in [-0.3, -0.25) is 0 Å². The van der Waals surface area contributed by atoms with Crippen molar-refractivity contribution in [1.29, 1.82) is 0 Å². The molecule has 0 bridgehead atoms. The molecule has 0 aliphatic heterocycles. The SMILES string of the molecule is Cc1ccc(Cn2ccc(CN)c2)c(Cl)c1. The summed E-state index contributed by atoms with van der Waals surface area (Å²) in [4.78, 5) is 0. The van der Waals surface area contributed by atoms with E-state index >= 15 is 0 Å². The lowest BCUT2D eigenvalue weighted by Gasteiger charge is -2.06. The van der Waals surface area contributed by atoms with Gasteiger partial charge < -0.3 is 10.3 Å². The molecule has 0 aliphatic rings. The van der Waals surface area contributed by atoms with Gasteiger partial charge in [-0.25, -0.2) is 0 Å². The van der Waals surface area contributed by atoms with Gasteiger partial charge in [0, 0.05) is 30.5 Å². The minimum atomic E-state index is 0.578. The average Bonchev–Trinajstić information content (AvgIpc) is 2.70. The van der Waals surface area contributed by atoms with Crippen LogP contribution in [0.1, 0.15) is 16.7 Å². The Morgan fingerprint density at radius 1 is 1.31 bits per heavy atom. The fraction of sp³-hybridized carbons (Fsp3) is 0.231. The van der Waals surface area contributed by atoms with Crippen molar-refractivity contribution in [3.8, 4) is 0 Å². The van der Waals surface area contributed by atoms with E-state index in [1.165, 1.54) is 5.56 Å². The first-order valence-electron chi connectivity index (χ1n) is 5.29. The zero-order chi connectivity index (χ0) is 11.5. The molecule has 0 saturated carbocycles. The summed E-state index contributed by atoms with van der Waals surface area (Å²) < 4.78 is 2.10. The molecule has 0 saturated heterocycles. The molecule has 0 spiro atoms. The lowest BCUT2D eigenvalue weighted by molar-refractivity contribution is 0.801. The smallest absolute Gasteiger partial charge is 0.0485 e. The molecule has 0 unspecified atom stereocenters. The molecule has 1 heterocycles. The van der Waals surface area contributed by atoms with Crippen LogP contribution < -0.4 is 5.73 Å². The van der Waals surface area contributed by atoms with Gasteiger partial charge in [0.2, 0.25) is 0 Å². The van der Waals surface area contributed by atoms with Crippen LogP contribution in [0.3, 0.4) is 0 Å². The number of nitrogens with two attached hydrogens (primary N) is 1. The predicted molar refractivity (Wildman–Crippen MR) is 67.6 cm³/mol. The molecule has 2 aromatic rings. The molecule has 16 heavy (non-hydrogen) atoms. The molecule has 0 aliphatic carbocycles. The number of benzene rings is 1. The molecule has 0 radical (unpaired) electrons. The lowest BCUT2D eigenvalue weighted by atomic mass is 10.1. The Hall–Kier alpha value is -1.25. The Morgan fingerprint density at radius 2 is 2.12 bits per heavy atom. The number of rotatable bonds is 3. The van der Waals surface area contributed by atoms with E-state index in [-0.39, 0.29) is 0 Å². The van der Waals surface area contributed by atoms with Gasteiger partial charge in [-0.1, -0.05) is 23.7 Å². The molecule has 0 amide bonds. The second-order valence-electron chi connectivity index (χ2n) is 3.99. The Kier molecular flexibility index (Phi) is 3.32. The number of nitrogens with zero attached hydrogens (tertiary/aromatic N) is 1. The summed E-state index contributed by atoms with van der Waals surface area (Å²) in [5.41, 5.74) is 9.02. The summed E-state index contributed by atoms with van der Waals surface area (Å²) in [6.45, 7) is 3.41. The van der Waals surface area contributed by atoms with Gasteiger partial charge in [0.05, 0.1) is 0 Å². The zero-order valence-corrected chi connectivity index (χ0v) is 10.0. The third-order valence-corrected chi connectivity index (χ3v) is 2.96. The monoisotopic (exact) mass is 234 g/mol. The van der Waals surface area contributed by atoms with Gasteiger partial charge >= 0.3 is 0 Å². The molecule has 84 valence electrons. The van der Waals surface area contributed by atoms with Crippen LogP contribution in [0.5, 0.6) is 0 Å². The van der Waals surface area contributed by atoms with Crippen LogP contribution in [0.15, 0.2) is 36.7 Å². The maximum Gasteiger partial charge on any atom is 0.0485 e. The molecular weight excluding hydrogens is 220 g/mol. The van der Waals surface area contributed by atoms with E-state index in [1.54, 1.807) is 0 Å². The first-order chi connectivity index (χ1) is 7.69. The molecule has 0 atom stereocenters. The molecule has 2 rings (SSSR count). The summed E-state index contributed by atoms with van der Waals surface area (Å²) in [7, 11) is 0. The van der Waals surface area contributed by atoms with Crippen LogP contribution in [0.4, 0.5) is 0 Å². The largest absolute Gasteiger partial charge is 0.350 e. The van der Waals surface area contributed by atoms with E-state index in [0.29, 0.717) is 6.54 Å². The van der Waals surface area contributed by atoms with Gasteiger partial charge in [-0.2, -0.15) is 0 Å². The lowest BCUT2D eigenvalue weighted by Crippen LogP contribution is -1.98. The summed E-state index contributed by atoms with van der Waals surface area (Å²) in [5.74, 6) is 0. The van der Waals surface area contributed by atoms with Gasteiger partial charge in [-0.15, -0.1) is 0 Å². The highest BCUT2D eigenvalue weighted by Crippen LogP contribution is 2.19. The summed E-state index contributed by atoms with van der Waals surface area (Å²) >= 11 is 6.18. The highest BCUT2D eigenvalue weighted by Gasteiger charge is 2.02. The van der Waals surface area contributed by atoms with E-state index in [2.05, 4.69) is 22.9 Å². The number of hydrogen-bond acceptors (Lipinski definition) is 1. The number of hydrogen-bond donors (Lipinski definition) is 1.